The quantitative estimate of drug-likeness (QED) is 0.635. The Bertz CT molecular complexity index is 542. The SMILES string of the molecule is CN(C)CCNC(=O)Cn1cc(NC(=O)C2CCC(N)C2)cn1. The first kappa shape index (κ1) is 17.4. The molecule has 0 bridgehead atoms. The van der Waals surface area contributed by atoms with Crippen LogP contribution in [0.15, 0.2) is 12.4 Å². The smallest absolute Gasteiger partial charge is 0.241 e. The average molecular weight is 322 g/mol. The van der Waals surface area contributed by atoms with Crippen LogP contribution in [-0.4, -0.2) is 59.7 Å². The van der Waals surface area contributed by atoms with E-state index in [2.05, 4.69) is 15.7 Å². The Morgan fingerprint density at radius 3 is 2.87 bits per heavy atom. The number of likely N-dealkylation sites (N-methyl/N-ethyl adjacent to an activating group) is 1. The van der Waals surface area contributed by atoms with Crippen molar-refractivity contribution in [2.45, 2.75) is 31.8 Å². The fourth-order valence-electron chi connectivity index (χ4n) is 2.64. The first-order valence-electron chi connectivity index (χ1n) is 7.94. The van der Waals surface area contributed by atoms with Crippen LogP contribution in [0.1, 0.15) is 19.3 Å². The van der Waals surface area contributed by atoms with E-state index >= 15 is 0 Å². The zero-order valence-corrected chi connectivity index (χ0v) is 13.8. The van der Waals surface area contributed by atoms with Gasteiger partial charge in [-0.3, -0.25) is 14.3 Å². The molecule has 1 aromatic rings. The van der Waals surface area contributed by atoms with E-state index in [0.29, 0.717) is 12.2 Å². The molecule has 4 N–H and O–H groups in total. The highest BCUT2D eigenvalue weighted by molar-refractivity contribution is 5.92. The number of carbonyl (C=O) groups excluding carboxylic acids is 2. The summed E-state index contributed by atoms with van der Waals surface area (Å²) >= 11 is 0. The second kappa shape index (κ2) is 8.07. The van der Waals surface area contributed by atoms with Crippen molar-refractivity contribution >= 4 is 17.5 Å². The molecule has 0 radical (unpaired) electrons. The van der Waals surface area contributed by atoms with Crippen LogP contribution in [-0.2, 0) is 16.1 Å². The minimum absolute atomic E-state index is 0.0204. The largest absolute Gasteiger partial charge is 0.353 e. The number of nitrogens with one attached hydrogen (secondary N) is 2. The topological polar surface area (TPSA) is 105 Å². The van der Waals surface area contributed by atoms with Crippen molar-refractivity contribution in [1.29, 1.82) is 0 Å². The summed E-state index contributed by atoms with van der Waals surface area (Å²) in [5, 5.41) is 9.76. The van der Waals surface area contributed by atoms with Crippen LogP contribution in [0.4, 0.5) is 5.69 Å². The highest BCUT2D eigenvalue weighted by Crippen LogP contribution is 2.25. The zero-order chi connectivity index (χ0) is 16.8. The maximum absolute atomic E-state index is 12.1. The van der Waals surface area contributed by atoms with Gasteiger partial charge in [-0.05, 0) is 33.4 Å². The summed E-state index contributed by atoms with van der Waals surface area (Å²) in [7, 11) is 3.90. The molecule has 8 heteroatoms. The number of nitrogens with two attached hydrogens (primary N) is 1. The molecule has 0 aromatic carbocycles. The fourth-order valence-corrected chi connectivity index (χ4v) is 2.64. The summed E-state index contributed by atoms with van der Waals surface area (Å²) in [6.45, 7) is 1.52. The lowest BCUT2D eigenvalue weighted by Gasteiger charge is -2.10. The van der Waals surface area contributed by atoms with Crippen LogP contribution in [0, 0.1) is 5.92 Å². The van der Waals surface area contributed by atoms with Gasteiger partial charge in [-0.25, -0.2) is 0 Å². The minimum Gasteiger partial charge on any atom is -0.353 e. The average Bonchev–Trinajstić information content (AvgIpc) is 3.07. The van der Waals surface area contributed by atoms with E-state index < -0.39 is 0 Å². The molecule has 1 saturated carbocycles. The molecule has 0 spiro atoms. The first-order chi connectivity index (χ1) is 10.9. The lowest BCUT2D eigenvalue weighted by molar-refractivity contribution is -0.122. The van der Waals surface area contributed by atoms with E-state index in [1.54, 1.807) is 12.4 Å². The molecule has 8 nitrogen and oxygen atoms in total. The Hall–Kier alpha value is -1.93. The molecule has 2 unspecified atom stereocenters. The fraction of sp³-hybridized carbons (Fsp3) is 0.667. The van der Waals surface area contributed by atoms with Gasteiger partial charge in [0, 0.05) is 31.2 Å². The Kier molecular flexibility index (Phi) is 6.12. The van der Waals surface area contributed by atoms with Crippen molar-refractivity contribution in [2.75, 3.05) is 32.5 Å². The number of hydrogen-bond donors (Lipinski definition) is 3. The van der Waals surface area contributed by atoms with Gasteiger partial charge >= 0.3 is 0 Å². The molecular formula is C15H26N6O2. The number of hydrogen-bond acceptors (Lipinski definition) is 5. The van der Waals surface area contributed by atoms with Crippen molar-refractivity contribution < 1.29 is 9.59 Å². The van der Waals surface area contributed by atoms with E-state index in [1.807, 2.05) is 19.0 Å². The van der Waals surface area contributed by atoms with Crippen LogP contribution in [0.2, 0.25) is 0 Å². The molecule has 0 aliphatic heterocycles. The highest BCUT2D eigenvalue weighted by Gasteiger charge is 2.27. The maximum Gasteiger partial charge on any atom is 0.241 e. The Labute approximate surface area is 136 Å². The van der Waals surface area contributed by atoms with Crippen LogP contribution < -0.4 is 16.4 Å². The van der Waals surface area contributed by atoms with Crippen LogP contribution in [0.25, 0.3) is 0 Å². The second-order valence-electron chi connectivity index (χ2n) is 6.34. The van der Waals surface area contributed by atoms with E-state index in [-0.39, 0.29) is 30.3 Å². The number of aromatic nitrogens is 2. The standard InChI is InChI=1S/C15H26N6O2/c1-20(2)6-5-17-14(22)10-21-9-13(8-18-21)19-15(23)11-3-4-12(16)7-11/h8-9,11-12H,3-7,10,16H2,1-2H3,(H,17,22)(H,19,23). The Balaban J connectivity index is 1.76. The normalized spacial score (nSPS) is 20.7. The van der Waals surface area contributed by atoms with Gasteiger partial charge in [-0.1, -0.05) is 0 Å². The van der Waals surface area contributed by atoms with Gasteiger partial charge in [-0.2, -0.15) is 5.10 Å². The molecule has 1 aromatic heterocycles. The van der Waals surface area contributed by atoms with Gasteiger partial charge < -0.3 is 21.3 Å². The van der Waals surface area contributed by atoms with E-state index in [1.165, 1.54) is 4.68 Å². The molecule has 0 saturated heterocycles. The lowest BCUT2D eigenvalue weighted by atomic mass is 10.1. The van der Waals surface area contributed by atoms with Gasteiger partial charge in [-0.15, -0.1) is 0 Å². The Morgan fingerprint density at radius 1 is 1.43 bits per heavy atom. The Morgan fingerprint density at radius 2 is 2.22 bits per heavy atom. The maximum atomic E-state index is 12.1. The third kappa shape index (κ3) is 5.65. The number of carbonyl (C=O) groups is 2. The molecule has 2 amide bonds. The minimum atomic E-state index is -0.102. The number of nitrogens with zero attached hydrogens (tertiary/aromatic N) is 3. The molecule has 2 atom stereocenters. The molecule has 1 heterocycles. The van der Waals surface area contributed by atoms with Crippen LogP contribution >= 0.6 is 0 Å². The van der Waals surface area contributed by atoms with Crippen molar-refractivity contribution in [3.05, 3.63) is 12.4 Å². The summed E-state index contributed by atoms with van der Waals surface area (Å²) in [6, 6.07) is 0.124. The van der Waals surface area contributed by atoms with E-state index in [4.69, 9.17) is 5.73 Å². The molecule has 1 aliphatic rings. The molecule has 2 rings (SSSR count). The van der Waals surface area contributed by atoms with Crippen molar-refractivity contribution in [1.82, 2.24) is 20.0 Å². The summed E-state index contributed by atoms with van der Waals surface area (Å²) in [5.74, 6) is -0.148. The summed E-state index contributed by atoms with van der Waals surface area (Å²) in [4.78, 5) is 25.9. The summed E-state index contributed by atoms with van der Waals surface area (Å²) < 4.78 is 1.51. The zero-order valence-electron chi connectivity index (χ0n) is 13.8. The van der Waals surface area contributed by atoms with E-state index in [0.717, 1.165) is 25.8 Å². The van der Waals surface area contributed by atoms with E-state index in [9.17, 15) is 9.59 Å². The predicted molar refractivity (Wildman–Crippen MR) is 87.7 cm³/mol. The molecule has 23 heavy (non-hydrogen) atoms. The number of rotatable bonds is 7. The third-order valence-corrected chi connectivity index (χ3v) is 3.93. The third-order valence-electron chi connectivity index (χ3n) is 3.93. The van der Waals surface area contributed by atoms with Crippen molar-refractivity contribution in [3.8, 4) is 0 Å². The summed E-state index contributed by atoms with van der Waals surface area (Å²) in [5.41, 5.74) is 6.44. The van der Waals surface area contributed by atoms with Crippen molar-refractivity contribution in [3.63, 3.8) is 0 Å². The molecule has 1 fully saturated rings. The van der Waals surface area contributed by atoms with Crippen molar-refractivity contribution in [2.24, 2.45) is 11.7 Å². The first-order valence-corrected chi connectivity index (χ1v) is 7.94. The summed E-state index contributed by atoms with van der Waals surface area (Å²) in [6.07, 6.45) is 5.67. The van der Waals surface area contributed by atoms with Gasteiger partial charge in [0.2, 0.25) is 11.8 Å². The lowest BCUT2D eigenvalue weighted by Crippen LogP contribution is -2.33. The predicted octanol–water partition coefficient (Wildman–Crippen LogP) is -0.373. The number of amides is 2. The van der Waals surface area contributed by atoms with Crippen LogP contribution in [0.3, 0.4) is 0 Å². The molecular weight excluding hydrogens is 296 g/mol. The monoisotopic (exact) mass is 322 g/mol. The van der Waals surface area contributed by atoms with Crippen LogP contribution in [0.5, 0.6) is 0 Å². The molecule has 1 aliphatic carbocycles. The number of anilines is 1. The van der Waals surface area contributed by atoms with Gasteiger partial charge in [0.05, 0.1) is 11.9 Å². The highest BCUT2D eigenvalue weighted by atomic mass is 16.2. The van der Waals surface area contributed by atoms with Gasteiger partial charge in [0.15, 0.2) is 0 Å². The second-order valence-corrected chi connectivity index (χ2v) is 6.34. The van der Waals surface area contributed by atoms with Gasteiger partial charge in [0.1, 0.15) is 6.54 Å². The van der Waals surface area contributed by atoms with Gasteiger partial charge in [0.25, 0.3) is 0 Å². The molecule has 128 valence electrons.